The minimum absolute atomic E-state index is 0.0573. The maximum absolute atomic E-state index is 11.4. The monoisotopic (exact) mass is 265 g/mol. The first-order chi connectivity index (χ1) is 8.29. The predicted molar refractivity (Wildman–Crippen MR) is 72.4 cm³/mol. The average Bonchev–Trinajstić information content (AvgIpc) is 2.83. The highest BCUT2D eigenvalue weighted by molar-refractivity contribution is 7.80. The van der Waals surface area contributed by atoms with Crippen LogP contribution in [0.2, 0.25) is 0 Å². The summed E-state index contributed by atoms with van der Waals surface area (Å²) in [7, 11) is 0. The van der Waals surface area contributed by atoms with Gasteiger partial charge in [-0.2, -0.15) is 12.6 Å². The number of carbonyl (C=O) groups is 1. The highest BCUT2D eigenvalue weighted by Crippen LogP contribution is 2.23. The van der Waals surface area contributed by atoms with Gasteiger partial charge in [0.15, 0.2) is 0 Å². The van der Waals surface area contributed by atoms with Gasteiger partial charge in [0.2, 0.25) is 5.91 Å². The van der Waals surface area contributed by atoms with Crippen LogP contribution < -0.4 is 5.32 Å². The molecule has 0 radical (unpaired) electrons. The highest BCUT2D eigenvalue weighted by Gasteiger charge is 2.05. The van der Waals surface area contributed by atoms with Crippen molar-refractivity contribution in [2.45, 2.75) is 6.42 Å². The van der Waals surface area contributed by atoms with Crippen molar-refractivity contribution in [3.63, 3.8) is 0 Å². The Balaban J connectivity index is 2.15. The van der Waals surface area contributed by atoms with Crippen LogP contribution in [-0.4, -0.2) is 21.6 Å². The minimum Gasteiger partial charge on any atom is -0.325 e. The molecule has 2 aromatic rings. The van der Waals surface area contributed by atoms with Crippen molar-refractivity contribution >= 4 is 35.6 Å². The van der Waals surface area contributed by atoms with Gasteiger partial charge in [-0.1, -0.05) is 0 Å². The molecule has 0 saturated carbocycles. The van der Waals surface area contributed by atoms with Crippen LogP contribution in [0.15, 0.2) is 30.0 Å². The van der Waals surface area contributed by atoms with Gasteiger partial charge in [-0.25, -0.2) is 4.98 Å². The number of amides is 1. The van der Waals surface area contributed by atoms with E-state index < -0.39 is 0 Å². The first kappa shape index (κ1) is 12.1. The van der Waals surface area contributed by atoms with E-state index in [2.05, 4.69) is 27.9 Å². The number of thiol groups is 1. The van der Waals surface area contributed by atoms with E-state index in [1.54, 1.807) is 18.6 Å². The van der Waals surface area contributed by atoms with E-state index >= 15 is 0 Å². The maximum atomic E-state index is 11.4. The van der Waals surface area contributed by atoms with E-state index in [0.717, 1.165) is 10.6 Å². The van der Waals surface area contributed by atoms with Crippen molar-refractivity contribution in [2.24, 2.45) is 0 Å². The van der Waals surface area contributed by atoms with Crippen LogP contribution in [0.4, 0.5) is 5.69 Å². The lowest BCUT2D eigenvalue weighted by Crippen LogP contribution is -2.11. The molecular formula is C11H11N3OS2. The van der Waals surface area contributed by atoms with E-state index in [0.29, 0.717) is 17.9 Å². The fourth-order valence-corrected chi connectivity index (χ4v) is 2.14. The summed E-state index contributed by atoms with van der Waals surface area (Å²) in [4.78, 5) is 19.7. The smallest absolute Gasteiger partial charge is 0.225 e. The molecule has 0 unspecified atom stereocenters. The number of aromatic nitrogens is 2. The molecule has 1 amide bonds. The molecule has 0 atom stereocenters. The van der Waals surface area contributed by atoms with Crippen LogP contribution in [-0.2, 0) is 4.79 Å². The zero-order valence-corrected chi connectivity index (χ0v) is 10.7. The summed E-state index contributed by atoms with van der Waals surface area (Å²) < 4.78 is 0. The number of hydrogen-bond donors (Lipinski definition) is 2. The number of pyridine rings is 1. The lowest BCUT2D eigenvalue weighted by molar-refractivity contribution is -0.115. The van der Waals surface area contributed by atoms with Gasteiger partial charge in [0.1, 0.15) is 5.01 Å². The summed E-state index contributed by atoms with van der Waals surface area (Å²) in [6, 6.07) is 1.86. The summed E-state index contributed by atoms with van der Waals surface area (Å²) in [5.74, 6) is 0.476. The average molecular weight is 265 g/mol. The molecule has 17 heavy (non-hydrogen) atoms. The van der Waals surface area contributed by atoms with Gasteiger partial charge in [0.05, 0.1) is 11.9 Å². The van der Waals surface area contributed by atoms with E-state index in [1.165, 1.54) is 11.3 Å². The third kappa shape index (κ3) is 3.28. The van der Waals surface area contributed by atoms with Crippen molar-refractivity contribution in [2.75, 3.05) is 11.1 Å². The second-order valence-corrected chi connectivity index (χ2v) is 4.66. The Morgan fingerprint density at radius 2 is 2.35 bits per heavy atom. The number of anilines is 1. The lowest BCUT2D eigenvalue weighted by Gasteiger charge is -2.04. The normalized spacial score (nSPS) is 10.2. The molecule has 6 heteroatoms. The van der Waals surface area contributed by atoms with E-state index in [4.69, 9.17) is 0 Å². The van der Waals surface area contributed by atoms with Gasteiger partial charge < -0.3 is 5.32 Å². The Hall–Kier alpha value is -1.40. The molecule has 0 aliphatic carbocycles. The number of nitrogens with zero attached hydrogens (tertiary/aromatic N) is 2. The first-order valence-corrected chi connectivity index (χ1v) is 6.56. The molecule has 0 aromatic carbocycles. The van der Waals surface area contributed by atoms with Gasteiger partial charge in [0.25, 0.3) is 0 Å². The molecule has 0 fully saturated rings. The summed E-state index contributed by atoms with van der Waals surface area (Å²) in [6.45, 7) is 0. The molecule has 4 nitrogen and oxygen atoms in total. The van der Waals surface area contributed by atoms with Crippen LogP contribution in [0.1, 0.15) is 6.42 Å². The van der Waals surface area contributed by atoms with Crippen molar-refractivity contribution in [1.29, 1.82) is 0 Å². The largest absolute Gasteiger partial charge is 0.325 e. The van der Waals surface area contributed by atoms with Crippen molar-refractivity contribution in [1.82, 2.24) is 9.97 Å². The summed E-state index contributed by atoms with van der Waals surface area (Å²) in [6.07, 6.45) is 5.48. The maximum Gasteiger partial charge on any atom is 0.225 e. The second kappa shape index (κ2) is 5.79. The topological polar surface area (TPSA) is 54.9 Å². The first-order valence-electron chi connectivity index (χ1n) is 5.05. The molecule has 2 aromatic heterocycles. The van der Waals surface area contributed by atoms with E-state index in [9.17, 15) is 4.79 Å². The third-order valence-corrected chi connectivity index (χ3v) is 3.09. The molecule has 0 aliphatic rings. The molecular weight excluding hydrogens is 254 g/mol. The molecule has 0 bridgehead atoms. The fourth-order valence-electron chi connectivity index (χ4n) is 1.32. The van der Waals surface area contributed by atoms with Crippen molar-refractivity contribution in [3.8, 4) is 10.6 Å². The standard InChI is InChI=1S/C11H11N3OS2/c15-10(1-3-16)14-9-5-8(6-12-7-9)11-13-2-4-17-11/h2,4-7,16H,1,3H2,(H,14,15). The fraction of sp³-hybridized carbons (Fsp3) is 0.182. The Labute approximate surface area is 109 Å². The van der Waals surface area contributed by atoms with Crippen LogP contribution in [0.5, 0.6) is 0 Å². The molecule has 2 heterocycles. The molecule has 1 N–H and O–H groups in total. The quantitative estimate of drug-likeness (QED) is 0.835. The number of thiazole rings is 1. The van der Waals surface area contributed by atoms with Gasteiger partial charge in [-0.05, 0) is 11.8 Å². The lowest BCUT2D eigenvalue weighted by atomic mass is 10.2. The molecule has 88 valence electrons. The van der Waals surface area contributed by atoms with Crippen molar-refractivity contribution in [3.05, 3.63) is 30.0 Å². The zero-order chi connectivity index (χ0) is 12.1. The highest BCUT2D eigenvalue weighted by atomic mass is 32.1. The Kier molecular flexibility index (Phi) is 4.11. The van der Waals surface area contributed by atoms with Crippen LogP contribution in [0.25, 0.3) is 10.6 Å². The number of rotatable bonds is 4. The number of nitrogens with one attached hydrogen (secondary N) is 1. The van der Waals surface area contributed by atoms with Crippen molar-refractivity contribution < 1.29 is 4.79 Å². The van der Waals surface area contributed by atoms with Gasteiger partial charge in [-0.15, -0.1) is 11.3 Å². The van der Waals surface area contributed by atoms with Crippen LogP contribution in [0, 0.1) is 0 Å². The van der Waals surface area contributed by atoms with E-state index in [-0.39, 0.29) is 5.91 Å². The summed E-state index contributed by atoms with van der Waals surface area (Å²) in [5.41, 5.74) is 1.59. The SMILES string of the molecule is O=C(CCS)Nc1cncc(-c2nccs2)c1. The van der Waals surface area contributed by atoms with Crippen LogP contribution >= 0.6 is 24.0 Å². The molecule has 0 saturated heterocycles. The predicted octanol–water partition coefficient (Wildman–Crippen LogP) is 2.46. The second-order valence-electron chi connectivity index (χ2n) is 3.32. The van der Waals surface area contributed by atoms with Gasteiger partial charge >= 0.3 is 0 Å². The summed E-state index contributed by atoms with van der Waals surface area (Å²) >= 11 is 5.55. The Bertz CT molecular complexity index is 499. The molecule has 0 spiro atoms. The number of hydrogen-bond acceptors (Lipinski definition) is 5. The Morgan fingerprint density at radius 3 is 3.06 bits per heavy atom. The number of carbonyl (C=O) groups excluding carboxylic acids is 1. The van der Waals surface area contributed by atoms with Gasteiger partial charge in [0, 0.05) is 29.8 Å². The zero-order valence-electron chi connectivity index (χ0n) is 8.96. The molecule has 0 aliphatic heterocycles. The minimum atomic E-state index is -0.0573. The van der Waals surface area contributed by atoms with Gasteiger partial charge in [-0.3, -0.25) is 9.78 Å². The van der Waals surface area contributed by atoms with Crippen LogP contribution in [0.3, 0.4) is 0 Å². The Morgan fingerprint density at radius 1 is 1.47 bits per heavy atom. The molecule has 2 rings (SSSR count). The summed E-state index contributed by atoms with van der Waals surface area (Å²) in [5, 5.41) is 5.57. The third-order valence-electron chi connectivity index (χ3n) is 2.04. The van der Waals surface area contributed by atoms with E-state index in [1.807, 2.05) is 11.4 Å².